The molecule has 21 heavy (non-hydrogen) atoms. The summed E-state index contributed by atoms with van der Waals surface area (Å²) in [6.45, 7) is 0.918. The van der Waals surface area contributed by atoms with E-state index in [0.717, 1.165) is 22.7 Å². The molecule has 1 aromatic carbocycles. The molecule has 0 fully saturated rings. The number of hydrogen-bond acceptors (Lipinski definition) is 4. The van der Waals surface area contributed by atoms with Crippen molar-refractivity contribution in [3.05, 3.63) is 48.3 Å². The molecule has 2 aromatic rings. The van der Waals surface area contributed by atoms with Crippen molar-refractivity contribution < 1.29 is 9.47 Å². The molecule has 0 amide bonds. The number of thiocarbonyl (C=S) groups is 1. The van der Waals surface area contributed by atoms with Gasteiger partial charge in [0.2, 0.25) is 6.79 Å². The highest BCUT2D eigenvalue weighted by Gasteiger charge is 2.18. The maximum absolute atomic E-state index is 5.43. The van der Waals surface area contributed by atoms with E-state index in [2.05, 4.69) is 10.3 Å². The van der Waals surface area contributed by atoms with Crippen molar-refractivity contribution in [2.45, 2.75) is 6.54 Å². The molecule has 2 heterocycles. The molecular weight excluding hydrogens is 286 g/mol. The second-order valence-electron chi connectivity index (χ2n) is 4.53. The maximum Gasteiger partial charge on any atom is 0.231 e. The van der Waals surface area contributed by atoms with E-state index in [0.29, 0.717) is 11.7 Å². The fourth-order valence-electron chi connectivity index (χ4n) is 2.14. The Balaban J connectivity index is 1.90. The smallest absolute Gasteiger partial charge is 0.231 e. The van der Waals surface area contributed by atoms with Gasteiger partial charge in [-0.15, -0.1) is 0 Å². The normalized spacial score (nSPS) is 12.0. The van der Waals surface area contributed by atoms with E-state index in [1.165, 1.54) is 0 Å². The summed E-state index contributed by atoms with van der Waals surface area (Å²) in [6, 6.07) is 9.75. The number of nitrogens with one attached hydrogen (secondary N) is 1. The largest absolute Gasteiger partial charge is 0.454 e. The van der Waals surface area contributed by atoms with E-state index in [9.17, 15) is 0 Å². The first-order valence-corrected chi connectivity index (χ1v) is 6.96. The quantitative estimate of drug-likeness (QED) is 0.878. The zero-order chi connectivity index (χ0) is 14.7. The fourth-order valence-corrected chi connectivity index (χ4v) is 2.31. The molecule has 1 N–H and O–H groups in total. The van der Waals surface area contributed by atoms with Crippen molar-refractivity contribution in [3.8, 4) is 11.5 Å². The van der Waals surface area contributed by atoms with Gasteiger partial charge in [0, 0.05) is 31.2 Å². The Kier molecular flexibility index (Phi) is 3.87. The summed E-state index contributed by atoms with van der Waals surface area (Å²) in [5.74, 6) is 1.50. The number of fused-ring (bicyclic) bond motifs is 1. The number of hydrogen-bond donors (Lipinski definition) is 1. The van der Waals surface area contributed by atoms with Crippen LogP contribution in [0.2, 0.25) is 0 Å². The Hall–Kier alpha value is -2.34. The number of aromatic nitrogens is 1. The maximum atomic E-state index is 5.43. The molecule has 3 rings (SSSR count). The van der Waals surface area contributed by atoms with Gasteiger partial charge in [-0.1, -0.05) is 0 Å². The lowest BCUT2D eigenvalue weighted by molar-refractivity contribution is 0.174. The average molecular weight is 301 g/mol. The Morgan fingerprint density at radius 1 is 1.24 bits per heavy atom. The highest BCUT2D eigenvalue weighted by Crippen LogP contribution is 2.35. The lowest BCUT2D eigenvalue weighted by Gasteiger charge is -2.25. The van der Waals surface area contributed by atoms with Gasteiger partial charge in [0.25, 0.3) is 0 Å². The lowest BCUT2D eigenvalue weighted by atomic mass is 10.2. The van der Waals surface area contributed by atoms with Gasteiger partial charge in [0.15, 0.2) is 16.6 Å². The van der Waals surface area contributed by atoms with Crippen molar-refractivity contribution in [1.29, 1.82) is 0 Å². The van der Waals surface area contributed by atoms with Crippen LogP contribution >= 0.6 is 12.2 Å². The van der Waals surface area contributed by atoms with Crippen LogP contribution in [0.25, 0.3) is 0 Å². The molecule has 0 atom stereocenters. The number of nitrogens with zero attached hydrogens (tertiary/aromatic N) is 2. The van der Waals surface area contributed by atoms with Gasteiger partial charge in [0.1, 0.15) is 0 Å². The third-order valence-electron chi connectivity index (χ3n) is 3.22. The Morgan fingerprint density at radius 2 is 2.00 bits per heavy atom. The topological polar surface area (TPSA) is 46.6 Å². The second-order valence-corrected chi connectivity index (χ2v) is 4.92. The molecule has 1 aliphatic rings. The van der Waals surface area contributed by atoms with E-state index in [-0.39, 0.29) is 6.79 Å². The standard InChI is InChI=1S/C15H15N3O2S/c1-16-15(21)18(9-11-4-6-17-7-5-11)12-2-3-13-14(8-12)20-10-19-13/h2-8H,9-10H2,1H3,(H,16,21). The Bertz CT molecular complexity index is 649. The molecule has 0 spiro atoms. The average Bonchev–Trinajstić information content (AvgIpc) is 3.00. The number of benzene rings is 1. The van der Waals surface area contributed by atoms with Gasteiger partial charge < -0.3 is 19.7 Å². The third kappa shape index (κ3) is 2.90. The van der Waals surface area contributed by atoms with Crippen LogP contribution < -0.4 is 19.7 Å². The van der Waals surface area contributed by atoms with Crippen molar-refractivity contribution >= 4 is 23.0 Å². The Labute approximate surface area is 128 Å². The minimum Gasteiger partial charge on any atom is -0.454 e. The molecule has 0 bridgehead atoms. The number of ether oxygens (including phenoxy) is 2. The van der Waals surface area contributed by atoms with Crippen molar-refractivity contribution in [3.63, 3.8) is 0 Å². The first-order valence-electron chi connectivity index (χ1n) is 6.56. The summed E-state index contributed by atoms with van der Waals surface area (Å²) in [4.78, 5) is 6.04. The van der Waals surface area contributed by atoms with Crippen LogP contribution in [0.1, 0.15) is 5.56 Å². The van der Waals surface area contributed by atoms with Crippen molar-refractivity contribution in [2.75, 3.05) is 18.7 Å². The molecule has 0 unspecified atom stereocenters. The van der Waals surface area contributed by atoms with Crippen LogP contribution in [0.4, 0.5) is 5.69 Å². The number of rotatable bonds is 3. The van der Waals surface area contributed by atoms with Crippen LogP contribution in [-0.4, -0.2) is 23.9 Å². The van der Waals surface area contributed by atoms with E-state index in [4.69, 9.17) is 21.7 Å². The van der Waals surface area contributed by atoms with Crippen LogP contribution in [0.5, 0.6) is 11.5 Å². The van der Waals surface area contributed by atoms with Gasteiger partial charge >= 0.3 is 0 Å². The van der Waals surface area contributed by atoms with E-state index < -0.39 is 0 Å². The molecule has 108 valence electrons. The second kappa shape index (κ2) is 5.97. The SMILES string of the molecule is CNC(=S)N(Cc1ccncc1)c1ccc2c(c1)OCO2. The summed E-state index contributed by atoms with van der Waals surface area (Å²) < 4.78 is 10.8. The minimum atomic E-state index is 0.264. The molecular formula is C15H15N3O2S. The van der Waals surface area contributed by atoms with Crippen molar-refractivity contribution in [1.82, 2.24) is 10.3 Å². The van der Waals surface area contributed by atoms with Crippen LogP contribution in [0.3, 0.4) is 0 Å². The third-order valence-corrected chi connectivity index (χ3v) is 3.64. The zero-order valence-electron chi connectivity index (χ0n) is 11.6. The summed E-state index contributed by atoms with van der Waals surface area (Å²) in [5.41, 5.74) is 2.08. The molecule has 0 radical (unpaired) electrons. The van der Waals surface area contributed by atoms with Gasteiger partial charge in [-0.05, 0) is 42.0 Å². The number of anilines is 1. The number of pyridine rings is 1. The summed E-state index contributed by atoms with van der Waals surface area (Å²) in [6.07, 6.45) is 3.55. The molecule has 0 aliphatic carbocycles. The molecule has 5 nitrogen and oxygen atoms in total. The lowest BCUT2D eigenvalue weighted by Crippen LogP contribution is -2.37. The first kappa shape index (κ1) is 13.6. The van der Waals surface area contributed by atoms with E-state index in [1.54, 1.807) is 12.4 Å². The van der Waals surface area contributed by atoms with Crippen molar-refractivity contribution in [2.24, 2.45) is 0 Å². The first-order chi connectivity index (χ1) is 10.3. The molecule has 1 aromatic heterocycles. The fraction of sp³-hybridized carbons (Fsp3) is 0.200. The van der Waals surface area contributed by atoms with Crippen LogP contribution in [0, 0.1) is 0 Å². The molecule has 1 aliphatic heterocycles. The summed E-state index contributed by atoms with van der Waals surface area (Å²) >= 11 is 5.41. The van der Waals surface area contributed by atoms with Gasteiger partial charge in [0.05, 0.1) is 6.54 Å². The molecule has 6 heteroatoms. The predicted octanol–water partition coefficient (Wildman–Crippen LogP) is 2.32. The highest BCUT2D eigenvalue weighted by atomic mass is 32.1. The van der Waals surface area contributed by atoms with Gasteiger partial charge in [-0.2, -0.15) is 0 Å². The van der Waals surface area contributed by atoms with Gasteiger partial charge in [-0.3, -0.25) is 4.98 Å². The molecule has 0 saturated carbocycles. The van der Waals surface area contributed by atoms with E-state index in [1.807, 2.05) is 42.3 Å². The molecule has 0 saturated heterocycles. The highest BCUT2D eigenvalue weighted by molar-refractivity contribution is 7.80. The predicted molar refractivity (Wildman–Crippen MR) is 84.6 cm³/mol. The minimum absolute atomic E-state index is 0.264. The van der Waals surface area contributed by atoms with Crippen LogP contribution in [0.15, 0.2) is 42.7 Å². The summed E-state index contributed by atoms with van der Waals surface area (Å²) in [7, 11) is 1.81. The summed E-state index contributed by atoms with van der Waals surface area (Å²) in [5, 5.41) is 3.67. The monoisotopic (exact) mass is 301 g/mol. The van der Waals surface area contributed by atoms with Crippen LogP contribution in [-0.2, 0) is 6.54 Å². The van der Waals surface area contributed by atoms with E-state index >= 15 is 0 Å². The Morgan fingerprint density at radius 3 is 2.76 bits per heavy atom. The zero-order valence-corrected chi connectivity index (χ0v) is 12.4. The van der Waals surface area contributed by atoms with Gasteiger partial charge in [-0.25, -0.2) is 0 Å².